The summed E-state index contributed by atoms with van der Waals surface area (Å²) in [6.07, 6.45) is 4.43. The number of nitrogen functional groups attached to an aromatic ring is 1. The van der Waals surface area contributed by atoms with Crippen molar-refractivity contribution in [3.63, 3.8) is 0 Å². The van der Waals surface area contributed by atoms with Gasteiger partial charge < -0.3 is 5.43 Å². The summed E-state index contributed by atoms with van der Waals surface area (Å²) in [4.78, 5) is 4.10. The average Bonchev–Trinajstić information content (AvgIpc) is 2.44. The highest BCUT2D eigenvalue weighted by molar-refractivity contribution is 7.89. The molecule has 7 heteroatoms. The summed E-state index contributed by atoms with van der Waals surface area (Å²) >= 11 is 0. The quantitative estimate of drug-likeness (QED) is 0.578. The summed E-state index contributed by atoms with van der Waals surface area (Å²) in [6.45, 7) is 4.28. The molecule has 4 N–H and O–H groups in total. The molecule has 1 aliphatic rings. The standard InChI is InChI=1S/C13H22N4O2S/c1-9-4-3-5-12(10(9)2)17-20(18,19)11-6-7-13(16-14)15-8-11/h6-10,12,17H,3-5,14H2,1-2H3,(H,15,16). The monoisotopic (exact) mass is 298 g/mol. The Morgan fingerprint density at radius 2 is 2.05 bits per heavy atom. The van der Waals surface area contributed by atoms with E-state index in [2.05, 4.69) is 29.0 Å². The lowest BCUT2D eigenvalue weighted by atomic mass is 9.78. The highest BCUT2D eigenvalue weighted by atomic mass is 32.2. The molecule has 0 bridgehead atoms. The van der Waals surface area contributed by atoms with Crippen molar-refractivity contribution in [2.75, 3.05) is 5.43 Å². The largest absolute Gasteiger partial charge is 0.308 e. The van der Waals surface area contributed by atoms with Crippen LogP contribution in [0.25, 0.3) is 0 Å². The van der Waals surface area contributed by atoms with Gasteiger partial charge in [-0.2, -0.15) is 0 Å². The molecule has 0 radical (unpaired) electrons. The van der Waals surface area contributed by atoms with Crippen molar-refractivity contribution in [1.82, 2.24) is 9.71 Å². The second kappa shape index (κ2) is 6.07. The third kappa shape index (κ3) is 3.28. The minimum absolute atomic E-state index is 0.00365. The molecule has 3 atom stereocenters. The van der Waals surface area contributed by atoms with E-state index in [0.29, 0.717) is 17.7 Å². The van der Waals surface area contributed by atoms with E-state index in [1.807, 2.05) is 0 Å². The molecule has 1 aromatic heterocycles. The van der Waals surface area contributed by atoms with Crippen LogP contribution in [-0.2, 0) is 10.0 Å². The first-order valence-corrected chi connectivity index (χ1v) is 8.37. The molecule has 2 rings (SSSR count). The van der Waals surface area contributed by atoms with Gasteiger partial charge in [0.1, 0.15) is 10.7 Å². The van der Waals surface area contributed by atoms with Gasteiger partial charge in [0, 0.05) is 12.2 Å². The van der Waals surface area contributed by atoms with Crippen LogP contribution in [-0.4, -0.2) is 19.4 Å². The van der Waals surface area contributed by atoms with Gasteiger partial charge >= 0.3 is 0 Å². The number of pyridine rings is 1. The van der Waals surface area contributed by atoms with E-state index in [0.717, 1.165) is 19.3 Å². The zero-order valence-corrected chi connectivity index (χ0v) is 12.7. The van der Waals surface area contributed by atoms with E-state index < -0.39 is 10.0 Å². The molecular weight excluding hydrogens is 276 g/mol. The molecule has 20 heavy (non-hydrogen) atoms. The van der Waals surface area contributed by atoms with E-state index in [9.17, 15) is 8.42 Å². The van der Waals surface area contributed by atoms with Crippen molar-refractivity contribution in [1.29, 1.82) is 0 Å². The van der Waals surface area contributed by atoms with Crippen LogP contribution >= 0.6 is 0 Å². The number of aromatic nitrogens is 1. The van der Waals surface area contributed by atoms with E-state index >= 15 is 0 Å². The summed E-state index contributed by atoms with van der Waals surface area (Å²) in [5.74, 6) is 6.53. The van der Waals surface area contributed by atoms with Crippen LogP contribution in [0.1, 0.15) is 33.1 Å². The maximum atomic E-state index is 12.3. The Balaban J connectivity index is 2.13. The van der Waals surface area contributed by atoms with Crippen molar-refractivity contribution in [3.8, 4) is 0 Å². The predicted octanol–water partition coefficient (Wildman–Crippen LogP) is 1.47. The van der Waals surface area contributed by atoms with Crippen molar-refractivity contribution in [3.05, 3.63) is 18.3 Å². The summed E-state index contributed by atoms with van der Waals surface area (Å²) < 4.78 is 27.5. The summed E-state index contributed by atoms with van der Waals surface area (Å²) in [5, 5.41) is 0. The van der Waals surface area contributed by atoms with Gasteiger partial charge in [0.25, 0.3) is 0 Å². The van der Waals surface area contributed by atoms with Crippen LogP contribution in [0.3, 0.4) is 0 Å². The van der Waals surface area contributed by atoms with Gasteiger partial charge in [-0.05, 0) is 30.4 Å². The third-order valence-electron chi connectivity index (χ3n) is 4.21. The lowest BCUT2D eigenvalue weighted by Gasteiger charge is -2.34. The Hall–Kier alpha value is -1.18. The van der Waals surface area contributed by atoms with Crippen LogP contribution in [0.15, 0.2) is 23.2 Å². The molecule has 1 fully saturated rings. The molecule has 0 amide bonds. The van der Waals surface area contributed by atoms with E-state index in [-0.39, 0.29) is 10.9 Å². The summed E-state index contributed by atoms with van der Waals surface area (Å²) in [6, 6.07) is 3.04. The predicted molar refractivity (Wildman–Crippen MR) is 78.3 cm³/mol. The molecular formula is C13H22N4O2S. The topological polar surface area (TPSA) is 97.1 Å². The molecule has 1 saturated carbocycles. The molecule has 1 heterocycles. The maximum absolute atomic E-state index is 12.3. The Morgan fingerprint density at radius 3 is 2.65 bits per heavy atom. The van der Waals surface area contributed by atoms with Crippen LogP contribution in [0.4, 0.5) is 5.82 Å². The highest BCUT2D eigenvalue weighted by Gasteiger charge is 2.30. The minimum Gasteiger partial charge on any atom is -0.308 e. The zero-order chi connectivity index (χ0) is 14.8. The van der Waals surface area contributed by atoms with Crippen LogP contribution in [0.2, 0.25) is 0 Å². The molecule has 0 saturated heterocycles. The molecule has 0 spiro atoms. The Morgan fingerprint density at radius 1 is 1.30 bits per heavy atom. The van der Waals surface area contributed by atoms with Crippen LogP contribution in [0, 0.1) is 11.8 Å². The number of nitrogens with two attached hydrogens (primary N) is 1. The number of rotatable bonds is 4. The molecule has 1 aromatic rings. The first-order valence-electron chi connectivity index (χ1n) is 6.89. The van der Waals surface area contributed by atoms with Gasteiger partial charge in [0.2, 0.25) is 10.0 Å². The normalized spacial score (nSPS) is 27.2. The number of anilines is 1. The van der Waals surface area contributed by atoms with Gasteiger partial charge in [0.05, 0.1) is 0 Å². The molecule has 3 unspecified atom stereocenters. The minimum atomic E-state index is -3.52. The van der Waals surface area contributed by atoms with Gasteiger partial charge in [-0.1, -0.05) is 26.7 Å². The average molecular weight is 298 g/mol. The fourth-order valence-corrected chi connectivity index (χ4v) is 3.95. The Bertz CT molecular complexity index is 544. The number of nitrogens with zero attached hydrogens (tertiary/aromatic N) is 1. The van der Waals surface area contributed by atoms with E-state index in [4.69, 9.17) is 5.84 Å². The number of hydrazine groups is 1. The summed E-state index contributed by atoms with van der Waals surface area (Å²) in [7, 11) is -3.52. The molecule has 0 aliphatic heterocycles. The first-order chi connectivity index (χ1) is 9.44. The molecule has 0 aromatic carbocycles. The van der Waals surface area contributed by atoms with Crippen molar-refractivity contribution in [2.45, 2.75) is 44.0 Å². The second-order valence-corrected chi connectivity index (χ2v) is 7.23. The molecule has 1 aliphatic carbocycles. The van der Waals surface area contributed by atoms with Crippen LogP contribution < -0.4 is 16.0 Å². The van der Waals surface area contributed by atoms with Crippen molar-refractivity contribution in [2.24, 2.45) is 17.7 Å². The van der Waals surface area contributed by atoms with Gasteiger partial charge in [0.15, 0.2) is 0 Å². The zero-order valence-electron chi connectivity index (χ0n) is 11.8. The SMILES string of the molecule is CC1CCCC(NS(=O)(=O)c2ccc(NN)nc2)C1C. The van der Waals surface area contributed by atoms with E-state index in [1.165, 1.54) is 12.3 Å². The van der Waals surface area contributed by atoms with Gasteiger partial charge in [-0.25, -0.2) is 24.0 Å². The Labute approximate surface area is 120 Å². The molecule has 112 valence electrons. The number of hydrogen-bond acceptors (Lipinski definition) is 5. The van der Waals surface area contributed by atoms with Gasteiger partial charge in [-0.15, -0.1) is 0 Å². The smallest absolute Gasteiger partial charge is 0.242 e. The fourth-order valence-electron chi connectivity index (χ4n) is 2.64. The molecule has 6 nitrogen and oxygen atoms in total. The van der Waals surface area contributed by atoms with Crippen LogP contribution in [0.5, 0.6) is 0 Å². The lowest BCUT2D eigenvalue weighted by Crippen LogP contribution is -2.43. The fraction of sp³-hybridized carbons (Fsp3) is 0.615. The number of hydrogen-bond donors (Lipinski definition) is 3. The Kier molecular flexibility index (Phi) is 4.62. The van der Waals surface area contributed by atoms with Gasteiger partial charge in [-0.3, -0.25) is 0 Å². The lowest BCUT2D eigenvalue weighted by molar-refractivity contribution is 0.227. The summed E-state index contributed by atoms with van der Waals surface area (Å²) in [5.41, 5.74) is 2.37. The highest BCUT2D eigenvalue weighted by Crippen LogP contribution is 2.30. The number of sulfonamides is 1. The maximum Gasteiger partial charge on any atom is 0.242 e. The number of nitrogens with one attached hydrogen (secondary N) is 2. The van der Waals surface area contributed by atoms with Crippen molar-refractivity contribution >= 4 is 15.8 Å². The van der Waals surface area contributed by atoms with E-state index in [1.54, 1.807) is 6.07 Å². The van der Waals surface area contributed by atoms with Crippen molar-refractivity contribution < 1.29 is 8.42 Å². The second-order valence-electron chi connectivity index (χ2n) is 5.52. The first kappa shape index (κ1) is 15.2. The third-order valence-corrected chi connectivity index (χ3v) is 5.68.